The first kappa shape index (κ1) is 31.6. The minimum absolute atomic E-state index is 0.180. The molecule has 4 aromatic rings. The summed E-state index contributed by atoms with van der Waals surface area (Å²) in [6, 6.07) is 19.1. The molecule has 1 aliphatic rings. The minimum atomic E-state index is -0.347. The Hall–Kier alpha value is -4.87. The van der Waals surface area contributed by atoms with Gasteiger partial charge in [0.1, 0.15) is 0 Å². The van der Waals surface area contributed by atoms with Crippen molar-refractivity contribution in [2.45, 2.75) is 26.8 Å². The zero-order chi connectivity index (χ0) is 31.6. The van der Waals surface area contributed by atoms with Crippen molar-refractivity contribution in [1.82, 2.24) is 25.2 Å². The first-order valence-electron chi connectivity index (χ1n) is 15.3. The highest BCUT2D eigenvalue weighted by molar-refractivity contribution is 6.04. The van der Waals surface area contributed by atoms with E-state index in [1.807, 2.05) is 74.5 Å². The zero-order valence-corrected chi connectivity index (χ0v) is 26.1. The molecule has 3 N–H and O–H groups in total. The van der Waals surface area contributed by atoms with Crippen LogP contribution in [0.25, 0.3) is 11.3 Å². The number of quaternary nitrogens is 1. The molecule has 0 unspecified atom stereocenters. The van der Waals surface area contributed by atoms with Gasteiger partial charge >= 0.3 is 6.09 Å². The van der Waals surface area contributed by atoms with Gasteiger partial charge in [-0.15, -0.1) is 0 Å². The van der Waals surface area contributed by atoms with Crippen LogP contribution >= 0.6 is 0 Å². The highest BCUT2D eigenvalue weighted by Gasteiger charge is 2.30. The molecule has 11 heteroatoms. The number of carbonyl (C=O) groups excluding carboxylic acids is 2. The van der Waals surface area contributed by atoms with Crippen LogP contribution in [-0.4, -0.2) is 82.8 Å². The largest absolute Gasteiger partial charge is 0.411 e. The number of aromatic nitrogens is 3. The van der Waals surface area contributed by atoms with Gasteiger partial charge in [-0.2, -0.15) is 0 Å². The molecule has 234 valence electrons. The maximum absolute atomic E-state index is 13.1. The highest BCUT2D eigenvalue weighted by atomic mass is 16.6. The summed E-state index contributed by atoms with van der Waals surface area (Å²) >= 11 is 0. The Morgan fingerprint density at radius 3 is 2.56 bits per heavy atom. The molecule has 1 aliphatic heterocycles. The number of benzene rings is 2. The lowest BCUT2D eigenvalue weighted by molar-refractivity contribution is -0.929. The van der Waals surface area contributed by atoms with Crippen LogP contribution < -0.4 is 16.0 Å². The fraction of sp³-hybridized carbons (Fsp3) is 0.324. The van der Waals surface area contributed by atoms with E-state index in [-0.39, 0.29) is 12.0 Å². The highest BCUT2D eigenvalue weighted by Crippen LogP contribution is 2.25. The SMILES string of the molecule is CCCNC(=O)OC[N+]1(C)CCN(Cc2ccc(C(=O)Nc3ccc(C)c(Nc4nccc(-c5cccnc5)n4)c3)cc2)CC1. The molecule has 3 heterocycles. The molecule has 1 fully saturated rings. The fourth-order valence-electron chi connectivity index (χ4n) is 5.04. The van der Waals surface area contributed by atoms with Gasteiger partial charge in [-0.25, -0.2) is 14.8 Å². The number of ether oxygens (including phenoxy) is 1. The van der Waals surface area contributed by atoms with Crippen molar-refractivity contribution in [2.24, 2.45) is 0 Å². The topological polar surface area (TPSA) is 121 Å². The number of nitrogens with zero attached hydrogens (tertiary/aromatic N) is 5. The second-order valence-electron chi connectivity index (χ2n) is 11.6. The number of hydrogen-bond donors (Lipinski definition) is 3. The number of nitrogens with one attached hydrogen (secondary N) is 3. The van der Waals surface area contributed by atoms with Crippen LogP contribution in [0.2, 0.25) is 0 Å². The van der Waals surface area contributed by atoms with Gasteiger partial charge in [-0.1, -0.05) is 25.1 Å². The number of piperazine rings is 1. The number of carbonyl (C=O) groups is 2. The minimum Gasteiger partial charge on any atom is -0.399 e. The maximum Gasteiger partial charge on any atom is 0.411 e. The van der Waals surface area contributed by atoms with Gasteiger partial charge < -0.3 is 20.7 Å². The number of aryl methyl sites for hydroxylation is 1. The molecule has 2 aromatic carbocycles. The molecule has 0 spiro atoms. The molecule has 11 nitrogen and oxygen atoms in total. The second kappa shape index (κ2) is 14.7. The third kappa shape index (κ3) is 8.84. The van der Waals surface area contributed by atoms with Crippen LogP contribution in [0.3, 0.4) is 0 Å². The molecule has 0 atom stereocenters. The van der Waals surface area contributed by atoms with E-state index in [0.29, 0.717) is 35.0 Å². The summed E-state index contributed by atoms with van der Waals surface area (Å²) in [7, 11) is 2.13. The van der Waals surface area contributed by atoms with Gasteiger partial charge in [0.2, 0.25) is 12.7 Å². The summed E-state index contributed by atoms with van der Waals surface area (Å²) in [5.41, 5.74) is 5.86. The van der Waals surface area contributed by atoms with Crippen LogP contribution in [-0.2, 0) is 11.3 Å². The molecule has 0 aliphatic carbocycles. The summed E-state index contributed by atoms with van der Waals surface area (Å²) in [5.74, 6) is 0.277. The maximum atomic E-state index is 13.1. The van der Waals surface area contributed by atoms with Gasteiger partial charge in [0, 0.05) is 67.3 Å². The Balaban J connectivity index is 1.13. The average molecular weight is 610 g/mol. The Kier molecular flexibility index (Phi) is 10.3. The van der Waals surface area contributed by atoms with Crippen LogP contribution in [0.4, 0.5) is 22.1 Å². The molecule has 0 saturated carbocycles. The fourth-order valence-corrected chi connectivity index (χ4v) is 5.04. The van der Waals surface area contributed by atoms with Crippen molar-refractivity contribution in [3.8, 4) is 11.3 Å². The number of rotatable bonds is 11. The number of likely N-dealkylation sites (N-methyl/N-ethyl adjacent to an activating group) is 1. The second-order valence-corrected chi connectivity index (χ2v) is 11.6. The predicted molar refractivity (Wildman–Crippen MR) is 175 cm³/mol. The van der Waals surface area contributed by atoms with Crippen molar-refractivity contribution < 1.29 is 18.8 Å². The smallest absolute Gasteiger partial charge is 0.399 e. The van der Waals surface area contributed by atoms with Crippen molar-refractivity contribution in [1.29, 1.82) is 0 Å². The van der Waals surface area contributed by atoms with E-state index in [2.05, 4.69) is 42.8 Å². The van der Waals surface area contributed by atoms with Crippen LogP contribution in [0.15, 0.2) is 79.3 Å². The summed E-state index contributed by atoms with van der Waals surface area (Å²) in [6.45, 7) is 9.41. The lowest BCUT2D eigenvalue weighted by atomic mass is 10.1. The molecule has 1 saturated heterocycles. The summed E-state index contributed by atoms with van der Waals surface area (Å²) in [5, 5.41) is 9.05. The van der Waals surface area contributed by atoms with Crippen molar-refractivity contribution in [3.05, 3.63) is 95.9 Å². The number of alkyl carbamates (subject to hydrolysis) is 1. The molecule has 2 aromatic heterocycles. The van der Waals surface area contributed by atoms with E-state index in [1.54, 1.807) is 18.6 Å². The molecule has 45 heavy (non-hydrogen) atoms. The molecule has 5 rings (SSSR count). The summed E-state index contributed by atoms with van der Waals surface area (Å²) < 4.78 is 6.14. The van der Waals surface area contributed by atoms with Crippen LogP contribution in [0.5, 0.6) is 0 Å². The monoisotopic (exact) mass is 609 g/mol. The summed E-state index contributed by atoms with van der Waals surface area (Å²) in [4.78, 5) is 40.5. The van der Waals surface area contributed by atoms with E-state index in [9.17, 15) is 9.59 Å². The summed E-state index contributed by atoms with van der Waals surface area (Å²) in [6.07, 6.45) is 5.73. The number of hydrogen-bond acceptors (Lipinski definition) is 8. The molecule has 0 bridgehead atoms. The lowest BCUT2D eigenvalue weighted by Gasteiger charge is -2.41. The van der Waals surface area contributed by atoms with Gasteiger partial charge in [0.25, 0.3) is 5.91 Å². The first-order valence-corrected chi connectivity index (χ1v) is 15.3. The Morgan fingerprint density at radius 1 is 1.02 bits per heavy atom. The van der Waals surface area contributed by atoms with Gasteiger partial charge in [-0.3, -0.25) is 19.2 Å². The number of amides is 2. The Morgan fingerprint density at radius 2 is 1.82 bits per heavy atom. The molecular formula is C34H41N8O3+. The molecule has 0 radical (unpaired) electrons. The van der Waals surface area contributed by atoms with E-state index >= 15 is 0 Å². The third-order valence-electron chi connectivity index (χ3n) is 7.92. The van der Waals surface area contributed by atoms with Crippen LogP contribution in [0.1, 0.15) is 34.8 Å². The Labute approximate surface area is 264 Å². The quantitative estimate of drug-likeness (QED) is 0.199. The van der Waals surface area contributed by atoms with E-state index < -0.39 is 0 Å². The zero-order valence-electron chi connectivity index (χ0n) is 26.1. The van der Waals surface area contributed by atoms with Gasteiger partial charge in [0.05, 0.1) is 25.8 Å². The molecule has 2 amide bonds. The Bertz CT molecular complexity index is 1590. The van der Waals surface area contributed by atoms with Crippen molar-refractivity contribution in [2.75, 3.05) is 57.1 Å². The number of anilines is 3. The standard InChI is InChI=1S/C34H40N8O3/c1-4-14-37-34(44)45-24-42(3)19-17-41(18-20-42)23-26-8-10-27(11-9-26)32(43)38-29-12-7-25(2)31(21-29)40-33-36-16-13-30(39-33)28-6-5-15-35-22-28/h5-13,15-16,21-22H,4,14,17-20,23-24H2,1-3H3,(H2-,36,37,38,39,40,43,44)/p+1. The predicted octanol–water partition coefficient (Wildman–Crippen LogP) is 5.20. The van der Waals surface area contributed by atoms with Crippen molar-refractivity contribution in [3.63, 3.8) is 0 Å². The normalized spacial score (nSPS) is 14.4. The van der Waals surface area contributed by atoms with E-state index in [0.717, 1.165) is 67.2 Å². The average Bonchev–Trinajstić information content (AvgIpc) is 3.06. The van der Waals surface area contributed by atoms with Gasteiger partial charge in [0.15, 0.2) is 0 Å². The lowest BCUT2D eigenvalue weighted by Crippen LogP contribution is -2.58. The first-order chi connectivity index (χ1) is 21.8. The van der Waals surface area contributed by atoms with E-state index in [1.165, 1.54) is 0 Å². The van der Waals surface area contributed by atoms with E-state index in [4.69, 9.17) is 4.74 Å². The van der Waals surface area contributed by atoms with Gasteiger partial charge in [-0.05, 0) is 66.9 Å². The van der Waals surface area contributed by atoms with Crippen LogP contribution in [0, 0.1) is 6.92 Å². The number of pyridine rings is 1. The van der Waals surface area contributed by atoms with Crippen molar-refractivity contribution >= 4 is 29.3 Å². The third-order valence-corrected chi connectivity index (χ3v) is 7.92. The molecular weight excluding hydrogens is 568 g/mol.